The highest BCUT2D eigenvalue weighted by Crippen LogP contribution is 2.46. The van der Waals surface area contributed by atoms with Crippen LogP contribution >= 0.6 is 0 Å². The molecule has 9 heavy (non-hydrogen) atoms. The van der Waals surface area contributed by atoms with Crippen molar-refractivity contribution in [2.75, 3.05) is 0 Å². The number of hydrogen-bond donors (Lipinski definition) is 1. The molecule has 0 radical (unpaired) electrons. The van der Waals surface area contributed by atoms with E-state index >= 15 is 0 Å². The van der Waals surface area contributed by atoms with Crippen molar-refractivity contribution in [3.8, 4) is 0 Å². The van der Waals surface area contributed by atoms with Gasteiger partial charge in [-0.05, 0) is 12.3 Å². The number of fused-ring (bicyclic) bond motifs is 5. The Morgan fingerprint density at radius 3 is 2.89 bits per heavy atom. The van der Waals surface area contributed by atoms with Crippen molar-refractivity contribution >= 4 is 0 Å². The summed E-state index contributed by atoms with van der Waals surface area (Å²) >= 11 is 0. The zero-order valence-corrected chi connectivity index (χ0v) is 5.50. The summed E-state index contributed by atoms with van der Waals surface area (Å²) in [6.45, 7) is 2.32. The average molecular weight is 125 g/mol. The van der Waals surface area contributed by atoms with Crippen LogP contribution in [0.3, 0.4) is 0 Å². The maximum atomic E-state index is 5.45. The number of morpholine rings is 1. The SMILES string of the molecule is CC1CC2NC1C1OC21. The molecule has 0 aromatic heterocycles. The molecule has 3 aliphatic heterocycles. The first kappa shape index (κ1) is 4.69. The summed E-state index contributed by atoms with van der Waals surface area (Å²) in [6.07, 6.45) is 2.57. The minimum Gasteiger partial charge on any atom is -0.366 e. The molecule has 3 rings (SSSR count). The third-order valence-electron chi connectivity index (χ3n) is 2.96. The van der Waals surface area contributed by atoms with Crippen molar-refractivity contribution in [1.82, 2.24) is 5.32 Å². The van der Waals surface area contributed by atoms with Crippen molar-refractivity contribution in [3.63, 3.8) is 0 Å². The van der Waals surface area contributed by atoms with Gasteiger partial charge in [-0.25, -0.2) is 0 Å². The fourth-order valence-electron chi connectivity index (χ4n) is 2.42. The van der Waals surface area contributed by atoms with Crippen LogP contribution in [0.4, 0.5) is 0 Å². The first-order chi connectivity index (χ1) is 4.36. The molecule has 2 nitrogen and oxygen atoms in total. The monoisotopic (exact) mass is 125 g/mol. The van der Waals surface area contributed by atoms with Crippen molar-refractivity contribution in [2.24, 2.45) is 5.92 Å². The maximum Gasteiger partial charge on any atom is 0.101 e. The van der Waals surface area contributed by atoms with Gasteiger partial charge < -0.3 is 10.1 Å². The van der Waals surface area contributed by atoms with Gasteiger partial charge in [-0.1, -0.05) is 6.92 Å². The summed E-state index contributed by atoms with van der Waals surface area (Å²) in [5.41, 5.74) is 0. The van der Waals surface area contributed by atoms with E-state index in [1.54, 1.807) is 0 Å². The normalized spacial score (nSPS) is 68.3. The fraction of sp³-hybridized carbons (Fsp3) is 1.00. The van der Waals surface area contributed by atoms with E-state index in [0.717, 1.165) is 12.0 Å². The van der Waals surface area contributed by atoms with Gasteiger partial charge in [-0.15, -0.1) is 0 Å². The Morgan fingerprint density at radius 2 is 2.33 bits per heavy atom. The Hall–Kier alpha value is -0.0800. The van der Waals surface area contributed by atoms with Gasteiger partial charge in [-0.3, -0.25) is 0 Å². The Labute approximate surface area is 54.6 Å². The lowest BCUT2D eigenvalue weighted by molar-refractivity contribution is 0.281. The Balaban J connectivity index is 1.96. The first-order valence-electron chi connectivity index (χ1n) is 3.78. The molecule has 0 saturated carbocycles. The van der Waals surface area contributed by atoms with Crippen LogP contribution in [0.15, 0.2) is 0 Å². The van der Waals surface area contributed by atoms with Gasteiger partial charge in [0.05, 0.1) is 0 Å². The van der Waals surface area contributed by atoms with Crippen LogP contribution in [0.1, 0.15) is 13.3 Å². The summed E-state index contributed by atoms with van der Waals surface area (Å²) in [7, 11) is 0. The van der Waals surface area contributed by atoms with Crippen molar-refractivity contribution in [1.29, 1.82) is 0 Å². The molecule has 3 fully saturated rings. The van der Waals surface area contributed by atoms with Crippen LogP contribution in [-0.2, 0) is 4.74 Å². The molecule has 3 aliphatic rings. The number of nitrogens with one attached hydrogen (secondary N) is 1. The van der Waals surface area contributed by atoms with E-state index in [1.807, 2.05) is 0 Å². The Kier molecular flexibility index (Phi) is 0.616. The molecule has 3 saturated heterocycles. The molecule has 0 amide bonds. The third kappa shape index (κ3) is 0.413. The van der Waals surface area contributed by atoms with E-state index in [-0.39, 0.29) is 0 Å². The van der Waals surface area contributed by atoms with Crippen LogP contribution in [-0.4, -0.2) is 24.3 Å². The molecule has 0 spiro atoms. The highest BCUT2D eigenvalue weighted by Gasteiger charge is 2.62. The van der Waals surface area contributed by atoms with E-state index in [0.29, 0.717) is 18.2 Å². The van der Waals surface area contributed by atoms with Crippen LogP contribution in [0.5, 0.6) is 0 Å². The van der Waals surface area contributed by atoms with Crippen LogP contribution < -0.4 is 5.32 Å². The highest BCUT2D eigenvalue weighted by atomic mass is 16.6. The molecule has 5 atom stereocenters. The number of hydrogen-bond acceptors (Lipinski definition) is 2. The molecule has 0 aliphatic carbocycles. The largest absolute Gasteiger partial charge is 0.366 e. The summed E-state index contributed by atoms with van der Waals surface area (Å²) in [4.78, 5) is 0. The Bertz CT molecular complexity index is 155. The molecule has 2 bridgehead atoms. The molecule has 3 heterocycles. The topological polar surface area (TPSA) is 24.6 Å². The average Bonchev–Trinajstić information content (AvgIpc) is 2.46. The smallest absolute Gasteiger partial charge is 0.101 e. The molecule has 50 valence electrons. The van der Waals surface area contributed by atoms with E-state index in [1.165, 1.54) is 6.42 Å². The minimum absolute atomic E-state index is 0.610. The van der Waals surface area contributed by atoms with Gasteiger partial charge in [0.2, 0.25) is 0 Å². The molecular weight excluding hydrogens is 114 g/mol. The van der Waals surface area contributed by atoms with E-state index < -0.39 is 0 Å². The van der Waals surface area contributed by atoms with Gasteiger partial charge in [0.25, 0.3) is 0 Å². The lowest BCUT2D eigenvalue weighted by Crippen LogP contribution is -2.28. The van der Waals surface area contributed by atoms with Crippen LogP contribution in [0, 0.1) is 5.92 Å². The maximum absolute atomic E-state index is 5.45. The van der Waals surface area contributed by atoms with Crippen LogP contribution in [0.25, 0.3) is 0 Å². The minimum atomic E-state index is 0.610. The third-order valence-corrected chi connectivity index (χ3v) is 2.96. The first-order valence-corrected chi connectivity index (χ1v) is 3.78. The second-order valence-electron chi connectivity index (χ2n) is 3.58. The van der Waals surface area contributed by atoms with E-state index in [9.17, 15) is 0 Å². The summed E-state index contributed by atoms with van der Waals surface area (Å²) < 4.78 is 5.45. The summed E-state index contributed by atoms with van der Waals surface area (Å²) in [6, 6.07) is 1.43. The quantitative estimate of drug-likeness (QED) is 0.465. The predicted octanol–water partition coefficient (Wildman–Crippen LogP) is 0.134. The van der Waals surface area contributed by atoms with Gasteiger partial charge in [-0.2, -0.15) is 0 Å². The van der Waals surface area contributed by atoms with Gasteiger partial charge in [0, 0.05) is 12.1 Å². The summed E-state index contributed by atoms with van der Waals surface area (Å²) in [5.74, 6) is 0.860. The molecule has 5 unspecified atom stereocenters. The van der Waals surface area contributed by atoms with Gasteiger partial charge >= 0.3 is 0 Å². The van der Waals surface area contributed by atoms with E-state index in [2.05, 4.69) is 12.2 Å². The Morgan fingerprint density at radius 1 is 1.44 bits per heavy atom. The summed E-state index contributed by atoms with van der Waals surface area (Å²) in [5, 5.41) is 3.55. The van der Waals surface area contributed by atoms with Crippen molar-refractivity contribution < 1.29 is 4.74 Å². The highest BCUT2D eigenvalue weighted by molar-refractivity contribution is 5.16. The zero-order chi connectivity index (χ0) is 6.01. The lowest BCUT2D eigenvalue weighted by atomic mass is 9.91. The number of epoxide rings is 1. The van der Waals surface area contributed by atoms with Gasteiger partial charge in [0.15, 0.2) is 0 Å². The fourth-order valence-corrected chi connectivity index (χ4v) is 2.42. The van der Waals surface area contributed by atoms with Gasteiger partial charge in [0.1, 0.15) is 12.2 Å². The lowest BCUT2D eigenvalue weighted by Gasteiger charge is -2.10. The second-order valence-corrected chi connectivity index (χ2v) is 3.58. The molecular formula is C7H11NO. The molecule has 0 aromatic rings. The zero-order valence-electron chi connectivity index (χ0n) is 5.50. The van der Waals surface area contributed by atoms with Crippen molar-refractivity contribution in [2.45, 2.75) is 37.6 Å². The predicted molar refractivity (Wildman–Crippen MR) is 33.2 cm³/mol. The number of ether oxygens (including phenoxy) is 1. The van der Waals surface area contributed by atoms with Crippen molar-refractivity contribution in [3.05, 3.63) is 0 Å². The number of rotatable bonds is 0. The molecule has 1 N–H and O–H groups in total. The molecule has 0 aromatic carbocycles. The second kappa shape index (κ2) is 1.18. The standard InChI is InChI=1S/C7H11NO/c1-3-2-4-6-7(9-6)5(3)8-4/h3-8H,2H2,1H3. The molecule has 2 heteroatoms. The van der Waals surface area contributed by atoms with E-state index in [4.69, 9.17) is 4.74 Å². The van der Waals surface area contributed by atoms with Crippen LogP contribution in [0.2, 0.25) is 0 Å².